The number of aromatic amines is 1. The van der Waals surface area contributed by atoms with Gasteiger partial charge >= 0.3 is 0 Å². The lowest BCUT2D eigenvalue weighted by Gasteiger charge is -2.10. The summed E-state index contributed by atoms with van der Waals surface area (Å²) in [6, 6.07) is 14.1. The Bertz CT molecular complexity index is 1180. The zero-order chi connectivity index (χ0) is 19.8. The molecule has 0 aliphatic carbocycles. The van der Waals surface area contributed by atoms with Crippen molar-refractivity contribution < 1.29 is 14.3 Å². The fourth-order valence-electron chi connectivity index (χ4n) is 2.92. The highest BCUT2D eigenvalue weighted by molar-refractivity contribution is 6.32. The number of hydrogen-bond acceptors (Lipinski definition) is 4. The van der Waals surface area contributed by atoms with Gasteiger partial charge in [-0.15, -0.1) is 12.4 Å². The average Bonchev–Trinajstić information content (AvgIpc) is 3.14. The van der Waals surface area contributed by atoms with Gasteiger partial charge in [-0.25, -0.2) is 9.07 Å². The van der Waals surface area contributed by atoms with E-state index < -0.39 is 17.3 Å². The van der Waals surface area contributed by atoms with Crippen LogP contribution in [-0.4, -0.2) is 26.5 Å². The van der Waals surface area contributed by atoms with E-state index in [1.165, 1.54) is 35.4 Å². The van der Waals surface area contributed by atoms with E-state index >= 15 is 0 Å². The van der Waals surface area contributed by atoms with E-state index in [-0.39, 0.29) is 29.4 Å². The van der Waals surface area contributed by atoms with Crippen molar-refractivity contribution in [2.24, 2.45) is 5.10 Å². The van der Waals surface area contributed by atoms with E-state index in [0.29, 0.717) is 17.1 Å². The van der Waals surface area contributed by atoms with Gasteiger partial charge in [-0.3, -0.25) is 14.7 Å². The molecule has 4 rings (SSSR count). The Kier molecular flexibility index (Phi) is 5.38. The number of aromatic hydroxyl groups is 1. The number of H-pyrrole nitrogens is 1. The Labute approximate surface area is 170 Å². The summed E-state index contributed by atoms with van der Waals surface area (Å²) in [7, 11) is 0. The van der Waals surface area contributed by atoms with Gasteiger partial charge < -0.3 is 5.11 Å². The zero-order valence-corrected chi connectivity index (χ0v) is 16.0. The Morgan fingerprint density at radius 2 is 1.69 bits per heavy atom. The number of anilines is 1. The third-order valence-electron chi connectivity index (χ3n) is 4.35. The monoisotopic (exact) mass is 414 g/mol. The highest BCUT2D eigenvalue weighted by Crippen LogP contribution is 2.26. The summed E-state index contributed by atoms with van der Waals surface area (Å²) in [5, 5.41) is 18.4. The van der Waals surface area contributed by atoms with E-state index in [1.807, 2.05) is 6.07 Å². The molecule has 2 aromatic carbocycles. The van der Waals surface area contributed by atoms with Gasteiger partial charge in [-0.05, 0) is 49.4 Å². The summed E-state index contributed by atoms with van der Waals surface area (Å²) >= 11 is 0. The first kappa shape index (κ1) is 20.1. The van der Waals surface area contributed by atoms with Gasteiger partial charge in [0.25, 0.3) is 11.5 Å². The zero-order valence-electron chi connectivity index (χ0n) is 15.2. The molecule has 1 amide bonds. The maximum Gasteiger partial charge on any atom is 0.280 e. The normalized spacial score (nSPS) is 14.8. The SMILES string of the molecule is CC1=NN(c2ccccc2)C(=O)/C1=C/c1c(O)n(-c2ccc(F)cc2)[nH]c1=O.Cl. The molecule has 148 valence electrons. The van der Waals surface area contributed by atoms with Gasteiger partial charge in [0.1, 0.15) is 11.4 Å². The lowest BCUT2D eigenvalue weighted by molar-refractivity contribution is -0.114. The number of benzene rings is 2. The highest BCUT2D eigenvalue weighted by Gasteiger charge is 2.29. The van der Waals surface area contributed by atoms with E-state index in [0.717, 1.165) is 4.68 Å². The Balaban J connectivity index is 0.00000240. The maximum absolute atomic E-state index is 13.1. The van der Waals surface area contributed by atoms with Crippen molar-refractivity contribution in [3.8, 4) is 11.6 Å². The predicted molar refractivity (Wildman–Crippen MR) is 110 cm³/mol. The Hall–Kier alpha value is -3.65. The number of para-hydroxylation sites is 1. The lowest BCUT2D eigenvalue weighted by atomic mass is 10.1. The molecule has 0 unspecified atom stereocenters. The van der Waals surface area contributed by atoms with E-state index in [4.69, 9.17) is 0 Å². The quantitative estimate of drug-likeness (QED) is 0.644. The molecule has 0 saturated heterocycles. The van der Waals surface area contributed by atoms with Gasteiger partial charge in [0, 0.05) is 0 Å². The second kappa shape index (κ2) is 7.76. The molecule has 0 bridgehead atoms. The number of hydrogen-bond donors (Lipinski definition) is 2. The molecule has 2 heterocycles. The standard InChI is InChI=1S/C20H15FN4O3.ClH/c1-12-16(19(27)24(22-12)14-5-3-2-4-6-14)11-17-18(26)23-25(20(17)28)15-9-7-13(21)8-10-15;/h2-11,28H,1H3,(H,23,26);1H/b16-11+;. The number of aromatic nitrogens is 2. The van der Waals surface area contributed by atoms with E-state index in [9.17, 15) is 19.1 Å². The largest absolute Gasteiger partial charge is 0.493 e. The molecule has 7 nitrogen and oxygen atoms in total. The van der Waals surface area contributed by atoms with Crippen molar-refractivity contribution in [2.75, 3.05) is 5.01 Å². The van der Waals surface area contributed by atoms with Gasteiger partial charge in [0.05, 0.1) is 22.7 Å². The van der Waals surface area contributed by atoms with E-state index in [2.05, 4.69) is 10.2 Å². The van der Waals surface area contributed by atoms with Gasteiger partial charge in [0.15, 0.2) is 0 Å². The third-order valence-corrected chi connectivity index (χ3v) is 4.35. The molecule has 0 fully saturated rings. The van der Waals surface area contributed by atoms with Crippen molar-refractivity contribution in [1.82, 2.24) is 9.78 Å². The van der Waals surface area contributed by atoms with E-state index in [1.54, 1.807) is 31.2 Å². The van der Waals surface area contributed by atoms with Crippen molar-refractivity contribution in [3.05, 3.63) is 81.9 Å². The van der Waals surface area contributed by atoms with Crippen LogP contribution in [0, 0.1) is 5.82 Å². The molecule has 1 aliphatic heterocycles. The van der Waals surface area contributed by atoms with Crippen molar-refractivity contribution in [1.29, 1.82) is 0 Å². The Morgan fingerprint density at radius 1 is 1.03 bits per heavy atom. The van der Waals surface area contributed by atoms with Crippen LogP contribution in [0.3, 0.4) is 0 Å². The number of nitrogens with one attached hydrogen (secondary N) is 1. The second-order valence-corrected chi connectivity index (χ2v) is 6.19. The summed E-state index contributed by atoms with van der Waals surface area (Å²) in [6.07, 6.45) is 1.30. The first-order valence-electron chi connectivity index (χ1n) is 8.42. The molecule has 3 aromatic rings. The van der Waals surface area contributed by atoms with Gasteiger partial charge in [-0.1, -0.05) is 18.2 Å². The fraction of sp³-hybridized carbons (Fsp3) is 0.0500. The first-order valence-corrected chi connectivity index (χ1v) is 8.42. The summed E-state index contributed by atoms with van der Waals surface area (Å²) in [6.45, 7) is 1.65. The van der Waals surface area contributed by atoms with Gasteiger partial charge in [-0.2, -0.15) is 10.1 Å². The molecular formula is C20H16ClFN4O3. The smallest absolute Gasteiger partial charge is 0.280 e. The molecular weight excluding hydrogens is 399 g/mol. The number of amides is 1. The topological polar surface area (TPSA) is 90.7 Å². The number of hydrazone groups is 1. The first-order chi connectivity index (χ1) is 13.5. The minimum absolute atomic E-state index is 0. The van der Waals surface area contributed by atoms with Gasteiger partial charge in [0.2, 0.25) is 5.88 Å². The molecule has 29 heavy (non-hydrogen) atoms. The average molecular weight is 415 g/mol. The molecule has 1 aliphatic rings. The molecule has 9 heteroatoms. The van der Waals surface area contributed by atoms with Crippen LogP contribution in [-0.2, 0) is 4.79 Å². The number of nitrogens with zero attached hydrogens (tertiary/aromatic N) is 3. The maximum atomic E-state index is 13.1. The summed E-state index contributed by atoms with van der Waals surface area (Å²) in [5.74, 6) is -1.23. The van der Waals surface area contributed by atoms with Crippen LogP contribution < -0.4 is 10.6 Å². The van der Waals surface area contributed by atoms with Crippen LogP contribution in [0.4, 0.5) is 10.1 Å². The predicted octanol–water partition coefficient (Wildman–Crippen LogP) is 3.24. The number of rotatable bonds is 3. The van der Waals surface area contributed by atoms with Crippen molar-refractivity contribution in [3.63, 3.8) is 0 Å². The lowest BCUT2D eigenvalue weighted by Crippen LogP contribution is -2.21. The molecule has 0 saturated carbocycles. The van der Waals surface area contributed by atoms with Crippen LogP contribution in [0.5, 0.6) is 5.88 Å². The molecule has 0 atom stereocenters. The molecule has 1 aromatic heterocycles. The van der Waals surface area contributed by atoms with Crippen LogP contribution >= 0.6 is 12.4 Å². The second-order valence-electron chi connectivity index (χ2n) is 6.19. The summed E-state index contributed by atoms with van der Waals surface area (Å²) in [5.41, 5.74) is 0.904. The molecule has 2 N–H and O–H groups in total. The van der Waals surface area contributed by atoms with Crippen LogP contribution in [0.25, 0.3) is 11.8 Å². The van der Waals surface area contributed by atoms with Crippen LogP contribution in [0.1, 0.15) is 12.5 Å². The van der Waals surface area contributed by atoms with Crippen LogP contribution in [0.2, 0.25) is 0 Å². The minimum Gasteiger partial charge on any atom is -0.493 e. The Morgan fingerprint density at radius 3 is 2.34 bits per heavy atom. The van der Waals surface area contributed by atoms with Crippen LogP contribution in [0.15, 0.2) is 70.1 Å². The van der Waals surface area contributed by atoms with Crippen molar-refractivity contribution >= 4 is 35.8 Å². The third kappa shape index (κ3) is 3.57. The fourth-order valence-corrected chi connectivity index (χ4v) is 2.92. The van der Waals surface area contributed by atoms with Crippen molar-refractivity contribution in [2.45, 2.75) is 6.92 Å². The minimum atomic E-state index is -0.590. The number of halogens is 2. The summed E-state index contributed by atoms with van der Waals surface area (Å²) < 4.78 is 14.2. The molecule has 0 spiro atoms. The molecule has 0 radical (unpaired) electrons. The summed E-state index contributed by atoms with van der Waals surface area (Å²) in [4.78, 5) is 25.1. The number of carbonyl (C=O) groups excluding carboxylic acids is 1. The number of carbonyl (C=O) groups is 1. The highest BCUT2D eigenvalue weighted by atomic mass is 35.5.